The third kappa shape index (κ3) is 4.16. The maximum atomic E-state index is 13.0. The predicted molar refractivity (Wildman–Crippen MR) is 108 cm³/mol. The Kier molecular flexibility index (Phi) is 5.73. The first-order valence-electron chi connectivity index (χ1n) is 8.73. The number of carbonyl (C=O) groups is 1. The Labute approximate surface area is 169 Å². The zero-order valence-electron chi connectivity index (χ0n) is 16.5. The zero-order valence-corrected chi connectivity index (χ0v) is 17.3. The number of amides is 1. The standard InChI is InChI=1S/C19H22N2O7S/c1-5-21(29(4,23)24)14-10-17(26-3)16(25-2)9-13(14)19(22)20-12-6-7-15-18(8-12)28-11-27-15/h6-10H,5,11H2,1-4H3,(H,20,22). The molecule has 156 valence electrons. The van der Waals surface area contributed by atoms with Gasteiger partial charge >= 0.3 is 0 Å². The Bertz CT molecular complexity index is 1040. The summed E-state index contributed by atoms with van der Waals surface area (Å²) in [5.41, 5.74) is 0.779. The van der Waals surface area contributed by atoms with E-state index in [9.17, 15) is 13.2 Å². The Hall–Kier alpha value is -3.14. The van der Waals surface area contributed by atoms with E-state index >= 15 is 0 Å². The lowest BCUT2D eigenvalue weighted by atomic mass is 10.1. The molecule has 0 aromatic heterocycles. The van der Waals surface area contributed by atoms with Gasteiger partial charge in [0, 0.05) is 24.4 Å². The first-order valence-corrected chi connectivity index (χ1v) is 10.6. The number of anilines is 2. The zero-order chi connectivity index (χ0) is 21.2. The third-order valence-corrected chi connectivity index (χ3v) is 5.59. The number of hydrogen-bond acceptors (Lipinski definition) is 7. The van der Waals surface area contributed by atoms with Crippen LogP contribution in [0.4, 0.5) is 11.4 Å². The van der Waals surface area contributed by atoms with Crippen molar-refractivity contribution >= 4 is 27.3 Å². The van der Waals surface area contributed by atoms with E-state index in [-0.39, 0.29) is 24.6 Å². The molecule has 0 saturated heterocycles. The van der Waals surface area contributed by atoms with E-state index < -0.39 is 15.9 Å². The SMILES string of the molecule is CCN(c1cc(OC)c(OC)cc1C(=O)Nc1ccc2c(c1)OCO2)S(C)(=O)=O. The number of carbonyl (C=O) groups excluding carboxylic acids is 1. The number of rotatable bonds is 7. The van der Waals surface area contributed by atoms with Crippen molar-refractivity contribution in [2.45, 2.75) is 6.92 Å². The van der Waals surface area contributed by atoms with Gasteiger partial charge in [0.1, 0.15) is 0 Å². The van der Waals surface area contributed by atoms with Crippen LogP contribution >= 0.6 is 0 Å². The van der Waals surface area contributed by atoms with Crippen LogP contribution in [0.15, 0.2) is 30.3 Å². The molecule has 10 heteroatoms. The van der Waals surface area contributed by atoms with Crippen LogP contribution in [0.1, 0.15) is 17.3 Å². The number of hydrogen-bond donors (Lipinski definition) is 1. The molecular weight excluding hydrogens is 400 g/mol. The van der Waals surface area contributed by atoms with E-state index in [0.29, 0.717) is 28.7 Å². The lowest BCUT2D eigenvalue weighted by molar-refractivity contribution is 0.102. The van der Waals surface area contributed by atoms with Gasteiger partial charge in [0.05, 0.1) is 31.7 Å². The van der Waals surface area contributed by atoms with Crippen molar-refractivity contribution in [3.05, 3.63) is 35.9 Å². The predicted octanol–water partition coefficient (Wildman–Crippen LogP) is 2.47. The Morgan fingerprint density at radius 2 is 1.76 bits per heavy atom. The molecule has 1 aliphatic rings. The maximum Gasteiger partial charge on any atom is 0.257 e. The summed E-state index contributed by atoms with van der Waals surface area (Å²) < 4.78 is 46.8. The average Bonchev–Trinajstić information content (AvgIpc) is 3.14. The number of fused-ring (bicyclic) bond motifs is 1. The normalized spacial score (nSPS) is 12.4. The van der Waals surface area contributed by atoms with Gasteiger partial charge in [-0.25, -0.2) is 8.42 Å². The second-order valence-corrected chi connectivity index (χ2v) is 8.08. The summed E-state index contributed by atoms with van der Waals surface area (Å²) in [7, 11) is -0.758. The summed E-state index contributed by atoms with van der Waals surface area (Å²) in [6.07, 6.45) is 1.08. The van der Waals surface area contributed by atoms with Crippen LogP contribution in [0.3, 0.4) is 0 Å². The number of benzene rings is 2. The molecule has 3 rings (SSSR count). The maximum absolute atomic E-state index is 13.0. The van der Waals surface area contributed by atoms with Gasteiger partial charge in [0.25, 0.3) is 5.91 Å². The van der Waals surface area contributed by atoms with Crippen molar-refractivity contribution < 1.29 is 32.2 Å². The average molecular weight is 422 g/mol. The minimum atomic E-state index is -3.63. The molecule has 0 spiro atoms. The van der Waals surface area contributed by atoms with Crippen LogP contribution < -0.4 is 28.6 Å². The lowest BCUT2D eigenvalue weighted by Gasteiger charge is -2.24. The van der Waals surface area contributed by atoms with Crippen molar-refractivity contribution in [1.29, 1.82) is 0 Å². The number of nitrogens with one attached hydrogen (secondary N) is 1. The molecule has 0 radical (unpaired) electrons. The van der Waals surface area contributed by atoms with Crippen molar-refractivity contribution in [1.82, 2.24) is 0 Å². The molecule has 0 bridgehead atoms. The van der Waals surface area contributed by atoms with Gasteiger partial charge in [0.2, 0.25) is 16.8 Å². The highest BCUT2D eigenvalue weighted by Gasteiger charge is 2.25. The van der Waals surface area contributed by atoms with Crippen LogP contribution in [0.2, 0.25) is 0 Å². The molecule has 1 aliphatic heterocycles. The summed E-state index contributed by atoms with van der Waals surface area (Å²) in [6, 6.07) is 7.90. The molecule has 0 aliphatic carbocycles. The van der Waals surface area contributed by atoms with E-state index in [1.807, 2.05) is 0 Å². The first-order chi connectivity index (χ1) is 13.8. The first kappa shape index (κ1) is 20.6. The summed E-state index contributed by atoms with van der Waals surface area (Å²) in [4.78, 5) is 13.0. The minimum Gasteiger partial charge on any atom is -0.493 e. The molecule has 29 heavy (non-hydrogen) atoms. The van der Waals surface area contributed by atoms with Crippen LogP contribution in [0.25, 0.3) is 0 Å². The fourth-order valence-electron chi connectivity index (χ4n) is 3.01. The molecule has 2 aromatic carbocycles. The van der Waals surface area contributed by atoms with E-state index in [1.165, 1.54) is 26.4 Å². The molecule has 0 unspecified atom stereocenters. The van der Waals surface area contributed by atoms with E-state index in [4.69, 9.17) is 18.9 Å². The van der Waals surface area contributed by atoms with E-state index in [2.05, 4.69) is 5.32 Å². The van der Waals surface area contributed by atoms with Gasteiger partial charge in [-0.2, -0.15) is 0 Å². The van der Waals surface area contributed by atoms with Gasteiger partial charge < -0.3 is 24.3 Å². The van der Waals surface area contributed by atoms with E-state index in [0.717, 1.165) is 10.6 Å². The third-order valence-electron chi connectivity index (χ3n) is 4.33. The Morgan fingerprint density at radius 3 is 2.38 bits per heavy atom. The quantitative estimate of drug-likeness (QED) is 0.731. The highest BCUT2D eigenvalue weighted by atomic mass is 32.2. The number of methoxy groups -OCH3 is 2. The smallest absolute Gasteiger partial charge is 0.257 e. The highest BCUT2D eigenvalue weighted by Crippen LogP contribution is 2.37. The molecule has 1 heterocycles. The van der Waals surface area contributed by atoms with E-state index in [1.54, 1.807) is 25.1 Å². The van der Waals surface area contributed by atoms with Crippen molar-refractivity contribution in [2.24, 2.45) is 0 Å². The van der Waals surface area contributed by atoms with Crippen LogP contribution in [0, 0.1) is 0 Å². The second-order valence-electron chi connectivity index (χ2n) is 6.17. The topological polar surface area (TPSA) is 103 Å². The fourth-order valence-corrected chi connectivity index (χ4v) is 3.99. The summed E-state index contributed by atoms with van der Waals surface area (Å²) in [6.45, 7) is 1.93. The largest absolute Gasteiger partial charge is 0.493 e. The van der Waals surface area contributed by atoms with Gasteiger partial charge in [0.15, 0.2) is 23.0 Å². The Morgan fingerprint density at radius 1 is 1.10 bits per heavy atom. The van der Waals surface area contributed by atoms with Crippen molar-refractivity contribution in [3.63, 3.8) is 0 Å². The van der Waals surface area contributed by atoms with Gasteiger partial charge in [-0.3, -0.25) is 9.10 Å². The van der Waals surface area contributed by atoms with Crippen molar-refractivity contribution in [3.8, 4) is 23.0 Å². The molecule has 2 aromatic rings. The van der Waals surface area contributed by atoms with Crippen LogP contribution in [0.5, 0.6) is 23.0 Å². The number of nitrogens with zero attached hydrogens (tertiary/aromatic N) is 1. The molecule has 0 atom stereocenters. The molecule has 0 fully saturated rings. The minimum absolute atomic E-state index is 0.117. The molecule has 0 saturated carbocycles. The molecule has 1 amide bonds. The van der Waals surface area contributed by atoms with Crippen LogP contribution in [-0.2, 0) is 10.0 Å². The Balaban J connectivity index is 2.04. The summed E-state index contributed by atoms with van der Waals surface area (Å²) in [5.74, 6) is 1.20. The van der Waals surface area contributed by atoms with Gasteiger partial charge in [-0.05, 0) is 25.1 Å². The van der Waals surface area contributed by atoms with Crippen LogP contribution in [-0.4, -0.2) is 48.1 Å². The lowest BCUT2D eigenvalue weighted by Crippen LogP contribution is -2.31. The summed E-state index contributed by atoms with van der Waals surface area (Å²) >= 11 is 0. The number of ether oxygens (including phenoxy) is 4. The second kappa shape index (κ2) is 8.08. The molecular formula is C19H22N2O7S. The van der Waals surface area contributed by atoms with Gasteiger partial charge in [-0.15, -0.1) is 0 Å². The van der Waals surface area contributed by atoms with Gasteiger partial charge in [-0.1, -0.05) is 0 Å². The molecule has 9 nitrogen and oxygen atoms in total. The monoisotopic (exact) mass is 422 g/mol. The molecule has 1 N–H and O–H groups in total. The van der Waals surface area contributed by atoms with Crippen molar-refractivity contribution in [2.75, 3.05) is 43.4 Å². The fraction of sp³-hybridized carbons (Fsp3) is 0.316. The number of sulfonamides is 1. The summed E-state index contributed by atoms with van der Waals surface area (Å²) in [5, 5.41) is 2.76. The highest BCUT2D eigenvalue weighted by molar-refractivity contribution is 7.92.